The van der Waals surface area contributed by atoms with Crippen molar-refractivity contribution in [3.05, 3.63) is 24.3 Å². The van der Waals surface area contributed by atoms with Gasteiger partial charge in [-0.25, -0.2) is 4.98 Å². The van der Waals surface area contributed by atoms with Crippen LogP contribution in [0.2, 0.25) is 0 Å². The molecule has 1 rings (SSSR count). The zero-order chi connectivity index (χ0) is 8.97. The van der Waals surface area contributed by atoms with Crippen LogP contribution in [-0.2, 0) is 7.05 Å². The van der Waals surface area contributed by atoms with Crippen molar-refractivity contribution in [3.63, 3.8) is 0 Å². The van der Waals surface area contributed by atoms with Gasteiger partial charge in [-0.1, -0.05) is 6.08 Å². The zero-order valence-electron chi connectivity index (χ0n) is 7.62. The van der Waals surface area contributed by atoms with Gasteiger partial charge in [-0.05, 0) is 25.5 Å². The molecule has 0 atom stereocenters. The van der Waals surface area contributed by atoms with Gasteiger partial charge in [-0.2, -0.15) is 0 Å². The van der Waals surface area contributed by atoms with Crippen LogP contribution < -0.4 is 5.73 Å². The minimum atomic E-state index is 0.696. The van der Waals surface area contributed by atoms with Gasteiger partial charge in [0.15, 0.2) is 0 Å². The molecule has 3 nitrogen and oxygen atoms in total. The van der Waals surface area contributed by atoms with Gasteiger partial charge in [0.2, 0.25) is 0 Å². The molecule has 0 radical (unpaired) electrons. The van der Waals surface area contributed by atoms with Gasteiger partial charge in [0.05, 0.1) is 0 Å². The van der Waals surface area contributed by atoms with Crippen LogP contribution in [0.15, 0.2) is 18.5 Å². The Labute approximate surface area is 72.9 Å². The quantitative estimate of drug-likeness (QED) is 0.730. The lowest BCUT2D eigenvalue weighted by Crippen LogP contribution is -1.98. The van der Waals surface area contributed by atoms with Crippen LogP contribution in [0.5, 0.6) is 0 Å². The average molecular weight is 165 g/mol. The van der Waals surface area contributed by atoms with E-state index in [1.54, 1.807) is 6.20 Å². The molecule has 12 heavy (non-hydrogen) atoms. The summed E-state index contributed by atoms with van der Waals surface area (Å²) in [6.07, 6.45) is 6.77. The Bertz CT molecular complexity index is 273. The molecule has 66 valence electrons. The van der Waals surface area contributed by atoms with E-state index in [4.69, 9.17) is 5.73 Å². The predicted octanol–water partition coefficient (Wildman–Crippen LogP) is 1.17. The van der Waals surface area contributed by atoms with Crippen molar-refractivity contribution < 1.29 is 0 Å². The largest absolute Gasteiger partial charge is 0.334 e. The SMILES string of the molecule is CC(=CCCN)c1nccn1C. The topological polar surface area (TPSA) is 43.8 Å². The molecule has 0 spiro atoms. The minimum Gasteiger partial charge on any atom is -0.334 e. The fraction of sp³-hybridized carbons (Fsp3) is 0.444. The van der Waals surface area contributed by atoms with Gasteiger partial charge < -0.3 is 10.3 Å². The van der Waals surface area contributed by atoms with Crippen LogP contribution >= 0.6 is 0 Å². The highest BCUT2D eigenvalue weighted by Crippen LogP contribution is 2.10. The molecule has 0 amide bonds. The van der Waals surface area contributed by atoms with Crippen LogP contribution in [0.25, 0.3) is 5.57 Å². The number of imidazole rings is 1. The fourth-order valence-corrected chi connectivity index (χ4v) is 1.14. The van der Waals surface area contributed by atoms with Crippen molar-refractivity contribution in [2.24, 2.45) is 12.8 Å². The first-order valence-electron chi connectivity index (χ1n) is 4.10. The average Bonchev–Trinajstić information content (AvgIpc) is 2.47. The molecule has 0 aliphatic carbocycles. The van der Waals surface area contributed by atoms with Crippen LogP contribution in [0.4, 0.5) is 0 Å². The van der Waals surface area contributed by atoms with Crippen LogP contribution in [0.3, 0.4) is 0 Å². The molecule has 2 N–H and O–H groups in total. The number of hydrogen-bond acceptors (Lipinski definition) is 2. The maximum atomic E-state index is 5.40. The Hall–Kier alpha value is -1.09. The third-order valence-corrected chi connectivity index (χ3v) is 1.79. The standard InChI is InChI=1S/C9H15N3/c1-8(4-3-5-10)9-11-6-7-12(9)2/h4,6-7H,3,5,10H2,1-2H3. The van der Waals surface area contributed by atoms with Gasteiger partial charge in [-0.15, -0.1) is 0 Å². The second-order valence-corrected chi connectivity index (χ2v) is 2.83. The van der Waals surface area contributed by atoms with E-state index in [1.807, 2.05) is 17.8 Å². The van der Waals surface area contributed by atoms with Gasteiger partial charge in [0.1, 0.15) is 5.82 Å². The van der Waals surface area contributed by atoms with E-state index in [0.717, 1.165) is 12.2 Å². The molecular formula is C9H15N3. The Morgan fingerprint density at radius 3 is 3.00 bits per heavy atom. The van der Waals surface area contributed by atoms with Crippen molar-refractivity contribution in [2.75, 3.05) is 6.54 Å². The van der Waals surface area contributed by atoms with Crippen LogP contribution in [0.1, 0.15) is 19.2 Å². The highest BCUT2D eigenvalue weighted by molar-refractivity contribution is 5.57. The molecule has 0 saturated carbocycles. The van der Waals surface area contributed by atoms with E-state index >= 15 is 0 Å². The van der Waals surface area contributed by atoms with Gasteiger partial charge in [-0.3, -0.25) is 0 Å². The summed E-state index contributed by atoms with van der Waals surface area (Å²) in [5, 5.41) is 0. The number of aryl methyl sites for hydroxylation is 1. The Kier molecular flexibility index (Phi) is 3.05. The number of rotatable bonds is 3. The van der Waals surface area contributed by atoms with E-state index in [-0.39, 0.29) is 0 Å². The van der Waals surface area contributed by atoms with Gasteiger partial charge in [0, 0.05) is 19.4 Å². The molecule has 1 heterocycles. The molecule has 1 aromatic heterocycles. The third kappa shape index (κ3) is 1.95. The van der Waals surface area contributed by atoms with Crippen LogP contribution in [-0.4, -0.2) is 16.1 Å². The van der Waals surface area contributed by atoms with Crippen molar-refractivity contribution in [2.45, 2.75) is 13.3 Å². The summed E-state index contributed by atoms with van der Waals surface area (Å²) in [5.41, 5.74) is 6.58. The molecule has 0 aromatic carbocycles. The van der Waals surface area contributed by atoms with E-state index in [2.05, 4.69) is 18.0 Å². The second-order valence-electron chi connectivity index (χ2n) is 2.83. The Balaban J connectivity index is 2.77. The molecular weight excluding hydrogens is 150 g/mol. The van der Waals surface area contributed by atoms with Crippen molar-refractivity contribution in [1.82, 2.24) is 9.55 Å². The number of nitrogens with two attached hydrogens (primary N) is 1. The molecule has 0 aliphatic heterocycles. The normalized spacial score (nSPS) is 12.1. The first-order valence-corrected chi connectivity index (χ1v) is 4.10. The highest BCUT2D eigenvalue weighted by Gasteiger charge is 1.99. The van der Waals surface area contributed by atoms with Crippen molar-refractivity contribution in [1.29, 1.82) is 0 Å². The lowest BCUT2D eigenvalue weighted by Gasteiger charge is -2.00. The fourth-order valence-electron chi connectivity index (χ4n) is 1.14. The molecule has 0 fully saturated rings. The molecule has 0 aliphatic rings. The monoisotopic (exact) mass is 165 g/mol. The lowest BCUT2D eigenvalue weighted by molar-refractivity contribution is 0.886. The summed E-state index contributed by atoms with van der Waals surface area (Å²) < 4.78 is 2.00. The number of allylic oxidation sites excluding steroid dienone is 1. The van der Waals surface area contributed by atoms with E-state index in [1.165, 1.54) is 5.57 Å². The molecule has 1 aromatic rings. The summed E-state index contributed by atoms with van der Waals surface area (Å²) in [6.45, 7) is 2.75. The summed E-state index contributed by atoms with van der Waals surface area (Å²) in [7, 11) is 1.99. The number of hydrogen-bond donors (Lipinski definition) is 1. The summed E-state index contributed by atoms with van der Waals surface area (Å²) in [5.74, 6) is 1.02. The first kappa shape index (κ1) is 9.00. The van der Waals surface area contributed by atoms with Gasteiger partial charge >= 0.3 is 0 Å². The molecule has 0 bridgehead atoms. The number of nitrogens with zero attached hydrogens (tertiary/aromatic N) is 2. The number of aromatic nitrogens is 2. The summed E-state index contributed by atoms with van der Waals surface area (Å²) >= 11 is 0. The predicted molar refractivity (Wildman–Crippen MR) is 50.5 cm³/mol. The third-order valence-electron chi connectivity index (χ3n) is 1.79. The minimum absolute atomic E-state index is 0.696. The Morgan fingerprint density at radius 1 is 1.75 bits per heavy atom. The van der Waals surface area contributed by atoms with E-state index < -0.39 is 0 Å². The van der Waals surface area contributed by atoms with Gasteiger partial charge in [0.25, 0.3) is 0 Å². The maximum absolute atomic E-state index is 5.40. The first-order chi connectivity index (χ1) is 5.75. The van der Waals surface area contributed by atoms with Crippen molar-refractivity contribution in [3.8, 4) is 0 Å². The lowest BCUT2D eigenvalue weighted by atomic mass is 10.2. The zero-order valence-corrected chi connectivity index (χ0v) is 7.62. The van der Waals surface area contributed by atoms with Crippen LogP contribution in [0, 0.1) is 0 Å². The second kappa shape index (κ2) is 4.07. The molecule has 3 heteroatoms. The smallest absolute Gasteiger partial charge is 0.134 e. The summed E-state index contributed by atoms with van der Waals surface area (Å²) in [4.78, 5) is 4.22. The highest BCUT2D eigenvalue weighted by atomic mass is 15.0. The molecule has 0 unspecified atom stereocenters. The maximum Gasteiger partial charge on any atom is 0.134 e. The molecule has 0 saturated heterocycles. The van der Waals surface area contributed by atoms with Crippen molar-refractivity contribution >= 4 is 5.57 Å². The van der Waals surface area contributed by atoms with E-state index in [0.29, 0.717) is 6.54 Å². The Morgan fingerprint density at radius 2 is 2.50 bits per heavy atom. The summed E-state index contributed by atoms with van der Waals surface area (Å²) in [6, 6.07) is 0. The van der Waals surface area contributed by atoms with E-state index in [9.17, 15) is 0 Å².